The van der Waals surface area contributed by atoms with Gasteiger partial charge in [0, 0.05) is 5.56 Å². The highest BCUT2D eigenvalue weighted by atomic mass is 19.1. The van der Waals surface area contributed by atoms with Gasteiger partial charge in [-0.05, 0) is 30.7 Å². The fraction of sp³-hybridized carbons (Fsp3) is 0.263. The number of nitrogens with one attached hydrogen (secondary N) is 1. The molecule has 0 fully saturated rings. The van der Waals surface area contributed by atoms with Gasteiger partial charge >= 0.3 is 5.97 Å². The van der Waals surface area contributed by atoms with Gasteiger partial charge in [0.05, 0.1) is 32.2 Å². The third kappa shape index (κ3) is 4.35. The fourth-order valence-corrected chi connectivity index (χ4v) is 2.59. The SMILES string of the molecule is COC(=O)Cc1ccccc1C(=O)N[C@@H](C)c1c(F)cccc1OC. The number of halogens is 1. The van der Waals surface area contributed by atoms with Gasteiger partial charge in [0.15, 0.2) is 0 Å². The summed E-state index contributed by atoms with van der Waals surface area (Å²) in [4.78, 5) is 24.1. The minimum Gasteiger partial charge on any atom is -0.496 e. The van der Waals surface area contributed by atoms with Crippen molar-refractivity contribution in [3.8, 4) is 5.75 Å². The molecule has 0 spiro atoms. The number of ether oxygens (including phenoxy) is 2. The molecule has 5 nitrogen and oxygen atoms in total. The number of hydrogen-bond donors (Lipinski definition) is 1. The highest BCUT2D eigenvalue weighted by Crippen LogP contribution is 2.28. The summed E-state index contributed by atoms with van der Waals surface area (Å²) in [6.45, 7) is 1.67. The molecule has 132 valence electrons. The molecule has 0 radical (unpaired) electrons. The van der Waals surface area contributed by atoms with Crippen LogP contribution in [0.2, 0.25) is 0 Å². The third-order valence-corrected chi connectivity index (χ3v) is 3.84. The zero-order valence-electron chi connectivity index (χ0n) is 14.3. The molecule has 0 bridgehead atoms. The second kappa shape index (κ2) is 8.28. The van der Waals surface area contributed by atoms with E-state index in [0.717, 1.165) is 0 Å². The van der Waals surface area contributed by atoms with E-state index in [2.05, 4.69) is 10.1 Å². The summed E-state index contributed by atoms with van der Waals surface area (Å²) in [5.41, 5.74) is 1.15. The van der Waals surface area contributed by atoms with E-state index in [0.29, 0.717) is 16.9 Å². The van der Waals surface area contributed by atoms with Gasteiger partial charge in [-0.15, -0.1) is 0 Å². The highest BCUT2D eigenvalue weighted by molar-refractivity contribution is 5.97. The molecule has 25 heavy (non-hydrogen) atoms. The van der Waals surface area contributed by atoms with Crippen LogP contribution in [-0.4, -0.2) is 26.1 Å². The Balaban J connectivity index is 2.25. The molecule has 0 aliphatic rings. The number of hydrogen-bond acceptors (Lipinski definition) is 4. The van der Waals surface area contributed by atoms with Crippen LogP contribution in [0.5, 0.6) is 5.75 Å². The Hall–Kier alpha value is -2.89. The molecule has 1 amide bonds. The second-order valence-corrected chi connectivity index (χ2v) is 5.46. The van der Waals surface area contributed by atoms with Crippen molar-refractivity contribution < 1.29 is 23.5 Å². The molecule has 6 heteroatoms. The summed E-state index contributed by atoms with van der Waals surface area (Å²) in [6, 6.07) is 10.6. The van der Waals surface area contributed by atoms with Crippen molar-refractivity contribution in [2.45, 2.75) is 19.4 Å². The van der Waals surface area contributed by atoms with Gasteiger partial charge in [-0.2, -0.15) is 0 Å². The van der Waals surface area contributed by atoms with E-state index in [-0.39, 0.29) is 12.0 Å². The highest BCUT2D eigenvalue weighted by Gasteiger charge is 2.21. The van der Waals surface area contributed by atoms with Crippen LogP contribution >= 0.6 is 0 Å². The maximum atomic E-state index is 14.1. The molecule has 0 aromatic heterocycles. The van der Waals surface area contributed by atoms with Crippen molar-refractivity contribution in [1.29, 1.82) is 0 Å². The summed E-state index contributed by atoms with van der Waals surface area (Å²) in [7, 11) is 2.73. The number of carbonyl (C=O) groups excluding carboxylic acids is 2. The number of methoxy groups -OCH3 is 2. The predicted molar refractivity (Wildman–Crippen MR) is 91.0 cm³/mol. The van der Waals surface area contributed by atoms with Gasteiger partial charge in [-0.1, -0.05) is 24.3 Å². The Labute approximate surface area is 145 Å². The lowest BCUT2D eigenvalue weighted by Crippen LogP contribution is -2.28. The number of esters is 1. The predicted octanol–water partition coefficient (Wildman–Crippen LogP) is 3.04. The van der Waals surface area contributed by atoms with Crippen LogP contribution in [0.1, 0.15) is 34.5 Å². The van der Waals surface area contributed by atoms with Crippen molar-refractivity contribution in [3.63, 3.8) is 0 Å². The Morgan fingerprint density at radius 2 is 1.84 bits per heavy atom. The molecule has 2 aromatic carbocycles. The van der Waals surface area contributed by atoms with Gasteiger partial charge < -0.3 is 14.8 Å². The van der Waals surface area contributed by atoms with E-state index in [1.165, 1.54) is 26.4 Å². The Morgan fingerprint density at radius 1 is 1.12 bits per heavy atom. The lowest BCUT2D eigenvalue weighted by molar-refractivity contribution is -0.139. The van der Waals surface area contributed by atoms with Gasteiger partial charge in [-0.3, -0.25) is 9.59 Å². The van der Waals surface area contributed by atoms with Crippen molar-refractivity contribution in [2.75, 3.05) is 14.2 Å². The van der Waals surface area contributed by atoms with E-state index >= 15 is 0 Å². The lowest BCUT2D eigenvalue weighted by Gasteiger charge is -2.19. The average Bonchev–Trinajstić information content (AvgIpc) is 2.61. The molecular formula is C19H20FNO4. The zero-order valence-corrected chi connectivity index (χ0v) is 14.3. The molecule has 0 unspecified atom stereocenters. The number of rotatable bonds is 6. The normalized spacial score (nSPS) is 11.5. The van der Waals surface area contributed by atoms with E-state index in [4.69, 9.17) is 4.74 Å². The van der Waals surface area contributed by atoms with E-state index in [1.807, 2.05) is 0 Å². The van der Waals surface area contributed by atoms with Gasteiger partial charge in [0.25, 0.3) is 5.91 Å². The molecule has 0 heterocycles. The van der Waals surface area contributed by atoms with Crippen molar-refractivity contribution in [2.24, 2.45) is 0 Å². The lowest BCUT2D eigenvalue weighted by atomic mass is 10.0. The average molecular weight is 345 g/mol. The Kier molecular flexibility index (Phi) is 6.11. The van der Waals surface area contributed by atoms with E-state index in [1.54, 1.807) is 37.3 Å². The quantitative estimate of drug-likeness (QED) is 0.818. The summed E-state index contributed by atoms with van der Waals surface area (Å²) >= 11 is 0. The Bertz CT molecular complexity index is 776. The molecule has 0 aliphatic carbocycles. The molecular weight excluding hydrogens is 325 g/mol. The monoisotopic (exact) mass is 345 g/mol. The first kappa shape index (κ1) is 18.4. The van der Waals surface area contributed by atoms with Crippen molar-refractivity contribution >= 4 is 11.9 Å². The second-order valence-electron chi connectivity index (χ2n) is 5.46. The maximum absolute atomic E-state index is 14.1. The molecule has 0 saturated carbocycles. The van der Waals surface area contributed by atoms with Gasteiger partial charge in [0.2, 0.25) is 0 Å². The summed E-state index contributed by atoms with van der Waals surface area (Å²) in [6.07, 6.45) is -0.0164. The van der Waals surface area contributed by atoms with Crippen LogP contribution in [0.15, 0.2) is 42.5 Å². The zero-order chi connectivity index (χ0) is 18.4. The largest absolute Gasteiger partial charge is 0.496 e. The summed E-state index contributed by atoms with van der Waals surface area (Å²) in [5.74, 6) is -0.952. The molecule has 0 saturated heterocycles. The number of carbonyl (C=O) groups is 2. The number of amides is 1. The minimum absolute atomic E-state index is 0.0164. The topological polar surface area (TPSA) is 64.6 Å². The first-order valence-corrected chi connectivity index (χ1v) is 7.76. The molecule has 1 atom stereocenters. The van der Waals surface area contributed by atoms with Crippen molar-refractivity contribution in [3.05, 3.63) is 65.0 Å². The molecule has 2 rings (SSSR count). The molecule has 0 aliphatic heterocycles. The summed E-state index contributed by atoms with van der Waals surface area (Å²) in [5, 5.41) is 2.75. The van der Waals surface area contributed by atoms with Crippen LogP contribution in [0.4, 0.5) is 4.39 Å². The van der Waals surface area contributed by atoms with Crippen LogP contribution in [0.25, 0.3) is 0 Å². The van der Waals surface area contributed by atoms with E-state index in [9.17, 15) is 14.0 Å². The first-order valence-electron chi connectivity index (χ1n) is 7.76. The van der Waals surface area contributed by atoms with Crippen LogP contribution in [0, 0.1) is 5.82 Å². The van der Waals surface area contributed by atoms with Crippen molar-refractivity contribution in [1.82, 2.24) is 5.32 Å². The molecule has 1 N–H and O–H groups in total. The standard InChI is InChI=1S/C19H20FNO4/c1-12(18-15(20)9-6-10-16(18)24-2)21-19(23)14-8-5-4-7-13(14)11-17(22)25-3/h4-10,12H,11H2,1-3H3,(H,21,23)/t12-/m0/s1. The Morgan fingerprint density at radius 3 is 2.52 bits per heavy atom. The van der Waals surface area contributed by atoms with Gasteiger partial charge in [0.1, 0.15) is 11.6 Å². The fourth-order valence-electron chi connectivity index (χ4n) is 2.59. The number of benzene rings is 2. The van der Waals surface area contributed by atoms with Crippen LogP contribution < -0.4 is 10.1 Å². The van der Waals surface area contributed by atoms with Crippen LogP contribution in [0.3, 0.4) is 0 Å². The first-order chi connectivity index (χ1) is 12.0. The molecule has 2 aromatic rings. The van der Waals surface area contributed by atoms with Crippen LogP contribution in [-0.2, 0) is 16.0 Å². The smallest absolute Gasteiger partial charge is 0.310 e. The van der Waals surface area contributed by atoms with Gasteiger partial charge in [-0.25, -0.2) is 4.39 Å². The maximum Gasteiger partial charge on any atom is 0.310 e. The summed E-state index contributed by atoms with van der Waals surface area (Å²) < 4.78 is 24.0. The minimum atomic E-state index is -0.616. The third-order valence-electron chi connectivity index (χ3n) is 3.84. The van der Waals surface area contributed by atoms with E-state index < -0.39 is 23.7 Å².